The first-order valence-electron chi connectivity index (χ1n) is 8.97. The molecule has 2 nitrogen and oxygen atoms in total. The van der Waals surface area contributed by atoms with Gasteiger partial charge in [0.2, 0.25) is 0 Å². The summed E-state index contributed by atoms with van der Waals surface area (Å²) in [5, 5.41) is 11.5. The second-order valence-electron chi connectivity index (χ2n) is 6.49. The second kappa shape index (κ2) is 7.76. The SMILES string of the molecule is Oc1c(Cc2ccccc2)cnc2ccc(C#CCc3ccccc3)cc12. The molecule has 0 spiro atoms. The summed E-state index contributed by atoms with van der Waals surface area (Å²) in [4.78, 5) is 4.50. The van der Waals surface area contributed by atoms with Crippen LogP contribution in [0.15, 0.2) is 85.1 Å². The van der Waals surface area contributed by atoms with Crippen LogP contribution in [0.1, 0.15) is 22.3 Å². The minimum absolute atomic E-state index is 0.288. The second-order valence-corrected chi connectivity index (χ2v) is 6.49. The largest absolute Gasteiger partial charge is 0.507 e. The average molecular weight is 349 g/mol. The molecule has 4 rings (SSSR count). The molecule has 0 atom stereocenters. The molecule has 0 radical (unpaired) electrons. The number of rotatable bonds is 3. The Balaban J connectivity index is 1.62. The van der Waals surface area contributed by atoms with Crippen molar-refractivity contribution in [2.24, 2.45) is 0 Å². The quantitative estimate of drug-likeness (QED) is 0.520. The van der Waals surface area contributed by atoms with E-state index in [0.29, 0.717) is 12.8 Å². The van der Waals surface area contributed by atoms with Gasteiger partial charge in [-0.3, -0.25) is 4.98 Å². The van der Waals surface area contributed by atoms with E-state index >= 15 is 0 Å². The van der Waals surface area contributed by atoms with Gasteiger partial charge in [0.1, 0.15) is 5.75 Å². The highest BCUT2D eigenvalue weighted by molar-refractivity contribution is 5.87. The van der Waals surface area contributed by atoms with Crippen molar-refractivity contribution in [1.82, 2.24) is 4.98 Å². The molecule has 27 heavy (non-hydrogen) atoms. The van der Waals surface area contributed by atoms with Crippen LogP contribution in [0.25, 0.3) is 10.9 Å². The van der Waals surface area contributed by atoms with Crippen LogP contribution in [0.2, 0.25) is 0 Å². The lowest BCUT2D eigenvalue weighted by atomic mass is 10.0. The van der Waals surface area contributed by atoms with Gasteiger partial charge in [0.25, 0.3) is 0 Å². The Hall–Kier alpha value is -3.57. The van der Waals surface area contributed by atoms with Gasteiger partial charge in [-0.05, 0) is 29.3 Å². The zero-order chi connectivity index (χ0) is 18.5. The molecule has 2 heteroatoms. The highest BCUT2D eigenvalue weighted by Crippen LogP contribution is 2.29. The van der Waals surface area contributed by atoms with Crippen LogP contribution >= 0.6 is 0 Å². The van der Waals surface area contributed by atoms with Gasteiger partial charge in [-0.15, -0.1) is 0 Å². The highest BCUT2D eigenvalue weighted by Gasteiger charge is 2.09. The number of pyridine rings is 1. The molecule has 0 bridgehead atoms. The van der Waals surface area contributed by atoms with E-state index < -0.39 is 0 Å². The maximum Gasteiger partial charge on any atom is 0.130 e. The van der Waals surface area contributed by atoms with Crippen molar-refractivity contribution < 1.29 is 5.11 Å². The minimum Gasteiger partial charge on any atom is -0.507 e. The van der Waals surface area contributed by atoms with Crippen LogP contribution < -0.4 is 0 Å². The van der Waals surface area contributed by atoms with E-state index in [1.807, 2.05) is 54.6 Å². The van der Waals surface area contributed by atoms with E-state index in [-0.39, 0.29) is 5.75 Å². The number of hydrogen-bond donors (Lipinski definition) is 1. The lowest BCUT2D eigenvalue weighted by molar-refractivity contribution is 0.475. The summed E-state index contributed by atoms with van der Waals surface area (Å²) in [6.45, 7) is 0. The van der Waals surface area contributed by atoms with Gasteiger partial charge in [-0.1, -0.05) is 72.5 Å². The summed E-state index contributed by atoms with van der Waals surface area (Å²) in [5.41, 5.74) is 4.82. The topological polar surface area (TPSA) is 33.1 Å². The van der Waals surface area contributed by atoms with Gasteiger partial charge in [0, 0.05) is 35.6 Å². The maximum absolute atomic E-state index is 10.8. The fourth-order valence-electron chi connectivity index (χ4n) is 3.09. The molecule has 4 aromatic rings. The number of aromatic hydroxyl groups is 1. The van der Waals surface area contributed by atoms with E-state index in [4.69, 9.17) is 0 Å². The Morgan fingerprint density at radius 3 is 2.26 bits per heavy atom. The predicted molar refractivity (Wildman–Crippen MR) is 110 cm³/mol. The van der Waals surface area contributed by atoms with E-state index in [2.05, 4.69) is 41.1 Å². The average Bonchev–Trinajstić information content (AvgIpc) is 2.72. The first-order chi connectivity index (χ1) is 13.3. The molecule has 0 amide bonds. The molecule has 0 saturated carbocycles. The summed E-state index contributed by atoms with van der Waals surface area (Å²) in [6, 6.07) is 26.1. The van der Waals surface area contributed by atoms with Gasteiger partial charge in [-0.25, -0.2) is 0 Å². The number of benzene rings is 3. The van der Waals surface area contributed by atoms with E-state index in [9.17, 15) is 5.11 Å². The van der Waals surface area contributed by atoms with Crippen molar-refractivity contribution in [2.45, 2.75) is 12.8 Å². The van der Waals surface area contributed by atoms with Gasteiger partial charge in [0.05, 0.1) is 5.52 Å². The molecule has 0 saturated heterocycles. The third kappa shape index (κ3) is 3.99. The molecule has 0 aliphatic heterocycles. The summed E-state index contributed by atoms with van der Waals surface area (Å²) in [6.07, 6.45) is 3.11. The number of hydrogen-bond acceptors (Lipinski definition) is 2. The standard InChI is InChI=1S/C25H19NO/c27-25-22(16-20-10-5-2-6-11-20)18-26-24-15-14-21(17-23(24)25)13-7-12-19-8-3-1-4-9-19/h1-6,8-11,14-15,17-18H,12,16H2,(H,26,27). The molecule has 1 heterocycles. The monoisotopic (exact) mass is 349 g/mol. The molecule has 0 fully saturated rings. The van der Waals surface area contributed by atoms with Crippen LogP contribution in [0, 0.1) is 11.8 Å². The van der Waals surface area contributed by atoms with Crippen molar-refractivity contribution in [1.29, 1.82) is 0 Å². The summed E-state index contributed by atoms with van der Waals surface area (Å²) >= 11 is 0. The third-order valence-corrected chi connectivity index (χ3v) is 4.52. The van der Waals surface area contributed by atoms with E-state index in [1.54, 1.807) is 6.20 Å². The molecular weight excluding hydrogens is 330 g/mol. The summed E-state index contributed by atoms with van der Waals surface area (Å²) in [7, 11) is 0. The number of aromatic nitrogens is 1. The molecule has 0 unspecified atom stereocenters. The molecule has 3 aromatic carbocycles. The van der Waals surface area contributed by atoms with Crippen molar-refractivity contribution >= 4 is 10.9 Å². The van der Waals surface area contributed by atoms with Crippen LogP contribution in [0.4, 0.5) is 0 Å². The lowest BCUT2D eigenvalue weighted by Gasteiger charge is -2.08. The van der Waals surface area contributed by atoms with E-state index in [1.165, 1.54) is 5.56 Å². The van der Waals surface area contributed by atoms with Crippen molar-refractivity contribution in [2.75, 3.05) is 0 Å². The van der Waals surface area contributed by atoms with Crippen LogP contribution in [0.5, 0.6) is 5.75 Å². The van der Waals surface area contributed by atoms with Crippen molar-refractivity contribution in [3.8, 4) is 17.6 Å². The Bertz CT molecular complexity index is 1120. The Kier molecular flexibility index (Phi) is 4.85. The smallest absolute Gasteiger partial charge is 0.130 e. The fraction of sp³-hybridized carbons (Fsp3) is 0.0800. The Morgan fingerprint density at radius 1 is 0.815 bits per heavy atom. The Morgan fingerprint density at radius 2 is 1.52 bits per heavy atom. The highest BCUT2D eigenvalue weighted by atomic mass is 16.3. The van der Waals surface area contributed by atoms with Crippen LogP contribution in [0.3, 0.4) is 0 Å². The molecular formula is C25H19NO. The number of nitrogens with zero attached hydrogens (tertiary/aromatic N) is 1. The molecule has 1 aromatic heterocycles. The van der Waals surface area contributed by atoms with Crippen LogP contribution in [-0.4, -0.2) is 10.1 Å². The Labute approximate surface area is 159 Å². The van der Waals surface area contributed by atoms with Gasteiger partial charge in [0.15, 0.2) is 0 Å². The van der Waals surface area contributed by atoms with Crippen molar-refractivity contribution in [3.63, 3.8) is 0 Å². The predicted octanol–water partition coefficient (Wildman–Crippen LogP) is 5.13. The van der Waals surface area contributed by atoms with Crippen molar-refractivity contribution in [3.05, 3.63) is 107 Å². The normalized spacial score (nSPS) is 10.4. The lowest BCUT2D eigenvalue weighted by Crippen LogP contribution is -1.92. The summed E-state index contributed by atoms with van der Waals surface area (Å²) < 4.78 is 0. The zero-order valence-corrected chi connectivity index (χ0v) is 14.9. The maximum atomic E-state index is 10.8. The van der Waals surface area contributed by atoms with Gasteiger partial charge in [-0.2, -0.15) is 0 Å². The first kappa shape index (κ1) is 16.9. The fourth-order valence-corrected chi connectivity index (χ4v) is 3.09. The molecule has 0 aliphatic carbocycles. The first-order valence-corrected chi connectivity index (χ1v) is 8.97. The van der Waals surface area contributed by atoms with Crippen LogP contribution in [-0.2, 0) is 12.8 Å². The zero-order valence-electron chi connectivity index (χ0n) is 14.9. The molecule has 1 N–H and O–H groups in total. The van der Waals surface area contributed by atoms with Gasteiger partial charge < -0.3 is 5.11 Å². The van der Waals surface area contributed by atoms with Gasteiger partial charge >= 0.3 is 0 Å². The number of fused-ring (bicyclic) bond motifs is 1. The third-order valence-electron chi connectivity index (χ3n) is 4.52. The van der Waals surface area contributed by atoms with E-state index in [0.717, 1.165) is 27.6 Å². The molecule has 130 valence electrons. The summed E-state index contributed by atoms with van der Waals surface area (Å²) in [5.74, 6) is 6.68. The minimum atomic E-state index is 0.288. The molecule has 0 aliphatic rings.